The molecule has 0 radical (unpaired) electrons. The molecule has 0 amide bonds. The zero-order valence-corrected chi connectivity index (χ0v) is 9.43. The smallest absolute Gasteiger partial charge is 0.326 e. The van der Waals surface area contributed by atoms with E-state index in [4.69, 9.17) is 9.84 Å². The normalized spacial score (nSPS) is 18.4. The van der Waals surface area contributed by atoms with Gasteiger partial charge >= 0.3 is 5.97 Å². The predicted octanol–water partition coefficient (Wildman–Crippen LogP) is 1.53. The Hall–Kier alpha value is -1.71. The molecule has 16 heavy (non-hydrogen) atoms. The van der Waals surface area contributed by atoms with Crippen LogP contribution in [0.2, 0.25) is 0 Å². The first kappa shape index (κ1) is 10.8. The van der Waals surface area contributed by atoms with Crippen LogP contribution >= 0.6 is 0 Å². The molecule has 1 atom stereocenters. The van der Waals surface area contributed by atoms with Crippen LogP contribution in [0.1, 0.15) is 12.5 Å². The number of aliphatic carboxylic acids is 1. The second kappa shape index (κ2) is 4.04. The zero-order chi connectivity index (χ0) is 11.7. The van der Waals surface area contributed by atoms with Crippen molar-refractivity contribution in [3.8, 4) is 5.75 Å². The number of hydrogen-bond acceptors (Lipinski definition) is 3. The van der Waals surface area contributed by atoms with E-state index in [-0.39, 0.29) is 0 Å². The fourth-order valence-electron chi connectivity index (χ4n) is 2.23. The van der Waals surface area contributed by atoms with Gasteiger partial charge in [0.1, 0.15) is 11.8 Å². The number of rotatable bonds is 3. The molecule has 0 saturated heterocycles. The molecular formula is C12H15NO3. The quantitative estimate of drug-likeness (QED) is 0.841. The van der Waals surface area contributed by atoms with Crippen molar-refractivity contribution < 1.29 is 14.6 Å². The molecule has 1 heterocycles. The number of carboxylic acid groups (broad SMARTS) is 1. The van der Waals surface area contributed by atoms with Crippen molar-refractivity contribution in [2.45, 2.75) is 19.4 Å². The van der Waals surface area contributed by atoms with Gasteiger partial charge in [0, 0.05) is 18.7 Å². The Morgan fingerprint density at radius 1 is 1.62 bits per heavy atom. The predicted molar refractivity (Wildman–Crippen MR) is 61.1 cm³/mol. The molecule has 86 valence electrons. The van der Waals surface area contributed by atoms with E-state index in [1.807, 2.05) is 30.0 Å². The summed E-state index contributed by atoms with van der Waals surface area (Å²) in [4.78, 5) is 13.0. The third-order valence-corrected chi connectivity index (χ3v) is 3.01. The van der Waals surface area contributed by atoms with E-state index in [0.717, 1.165) is 17.0 Å². The Kier molecular flexibility index (Phi) is 2.73. The molecule has 4 nitrogen and oxygen atoms in total. The van der Waals surface area contributed by atoms with Crippen molar-refractivity contribution in [1.82, 2.24) is 0 Å². The van der Waals surface area contributed by atoms with Crippen LogP contribution in [-0.4, -0.2) is 30.8 Å². The highest BCUT2D eigenvalue weighted by Gasteiger charge is 2.33. The van der Waals surface area contributed by atoms with Gasteiger partial charge in [0.25, 0.3) is 0 Å². The standard InChI is InChI=1S/C12H15NO3/c1-3-13-10-5-4-9(16-2)6-8(10)7-11(13)12(14)15/h4-6,11H,3,7H2,1-2H3,(H,14,15). The summed E-state index contributed by atoms with van der Waals surface area (Å²) in [6, 6.07) is 5.28. The summed E-state index contributed by atoms with van der Waals surface area (Å²) in [5, 5.41) is 9.14. The second-order valence-electron chi connectivity index (χ2n) is 3.84. The van der Waals surface area contributed by atoms with Crippen molar-refractivity contribution in [2.75, 3.05) is 18.6 Å². The van der Waals surface area contributed by atoms with Crippen LogP contribution in [0.25, 0.3) is 0 Å². The number of anilines is 1. The Labute approximate surface area is 94.4 Å². The maximum Gasteiger partial charge on any atom is 0.326 e. The van der Waals surface area contributed by atoms with Crippen molar-refractivity contribution in [3.63, 3.8) is 0 Å². The molecule has 1 aromatic rings. The summed E-state index contributed by atoms with van der Waals surface area (Å²) >= 11 is 0. The molecule has 1 N–H and O–H groups in total. The van der Waals surface area contributed by atoms with Gasteiger partial charge in [0.05, 0.1) is 7.11 Å². The molecule has 1 unspecified atom stereocenters. The summed E-state index contributed by atoms with van der Waals surface area (Å²) in [6.45, 7) is 2.67. The van der Waals surface area contributed by atoms with Crippen LogP contribution in [0.3, 0.4) is 0 Å². The fraction of sp³-hybridized carbons (Fsp3) is 0.417. The van der Waals surface area contributed by atoms with Gasteiger partial charge in [-0.25, -0.2) is 4.79 Å². The van der Waals surface area contributed by atoms with E-state index < -0.39 is 12.0 Å². The Balaban J connectivity index is 2.38. The average molecular weight is 221 g/mol. The molecule has 0 aliphatic carbocycles. The molecule has 4 heteroatoms. The highest BCUT2D eigenvalue weighted by Crippen LogP contribution is 2.34. The molecular weight excluding hydrogens is 206 g/mol. The van der Waals surface area contributed by atoms with E-state index in [0.29, 0.717) is 13.0 Å². The molecule has 0 fully saturated rings. The van der Waals surface area contributed by atoms with Crippen molar-refractivity contribution >= 4 is 11.7 Å². The summed E-state index contributed by atoms with van der Waals surface area (Å²) in [5.74, 6) is 0.0119. The minimum absolute atomic E-state index is 0.438. The number of hydrogen-bond donors (Lipinski definition) is 1. The lowest BCUT2D eigenvalue weighted by atomic mass is 10.1. The molecule has 0 spiro atoms. The molecule has 0 saturated carbocycles. The van der Waals surface area contributed by atoms with Crippen molar-refractivity contribution in [1.29, 1.82) is 0 Å². The summed E-state index contributed by atoms with van der Waals surface area (Å²) < 4.78 is 5.14. The van der Waals surface area contributed by atoms with Crippen LogP contribution in [0.15, 0.2) is 18.2 Å². The van der Waals surface area contributed by atoms with Gasteiger partial charge in [-0.15, -0.1) is 0 Å². The van der Waals surface area contributed by atoms with Crippen LogP contribution < -0.4 is 9.64 Å². The van der Waals surface area contributed by atoms with E-state index >= 15 is 0 Å². The average Bonchev–Trinajstić information content (AvgIpc) is 2.66. The summed E-state index contributed by atoms with van der Waals surface area (Å²) in [7, 11) is 1.61. The molecule has 2 rings (SSSR count). The van der Waals surface area contributed by atoms with Gasteiger partial charge in [-0.05, 0) is 30.7 Å². The van der Waals surface area contributed by atoms with Gasteiger partial charge < -0.3 is 14.7 Å². The maximum atomic E-state index is 11.1. The second-order valence-corrected chi connectivity index (χ2v) is 3.84. The maximum absolute atomic E-state index is 11.1. The number of methoxy groups -OCH3 is 1. The highest BCUT2D eigenvalue weighted by atomic mass is 16.5. The number of fused-ring (bicyclic) bond motifs is 1. The number of carboxylic acids is 1. The number of nitrogens with zero attached hydrogens (tertiary/aromatic N) is 1. The number of carbonyl (C=O) groups is 1. The van der Waals surface area contributed by atoms with Crippen molar-refractivity contribution in [2.24, 2.45) is 0 Å². The van der Waals surface area contributed by atoms with E-state index in [2.05, 4.69) is 0 Å². The molecule has 1 aromatic carbocycles. The zero-order valence-electron chi connectivity index (χ0n) is 9.43. The van der Waals surface area contributed by atoms with Gasteiger partial charge in [0.15, 0.2) is 0 Å². The van der Waals surface area contributed by atoms with Crippen LogP contribution in [0, 0.1) is 0 Å². The van der Waals surface area contributed by atoms with E-state index in [9.17, 15) is 4.79 Å². The minimum Gasteiger partial charge on any atom is -0.497 e. The summed E-state index contributed by atoms with van der Waals surface area (Å²) in [5.41, 5.74) is 2.06. The summed E-state index contributed by atoms with van der Waals surface area (Å²) in [6.07, 6.45) is 0.551. The Bertz CT molecular complexity index is 417. The fourth-order valence-corrected chi connectivity index (χ4v) is 2.23. The van der Waals surface area contributed by atoms with Crippen LogP contribution in [0.4, 0.5) is 5.69 Å². The Morgan fingerprint density at radius 2 is 2.38 bits per heavy atom. The largest absolute Gasteiger partial charge is 0.497 e. The first-order valence-corrected chi connectivity index (χ1v) is 5.33. The first-order valence-electron chi connectivity index (χ1n) is 5.33. The molecule has 0 aromatic heterocycles. The van der Waals surface area contributed by atoms with Crippen molar-refractivity contribution in [3.05, 3.63) is 23.8 Å². The lowest BCUT2D eigenvalue weighted by Gasteiger charge is -2.22. The minimum atomic E-state index is -0.767. The molecule has 1 aliphatic rings. The van der Waals surface area contributed by atoms with Crippen LogP contribution in [0.5, 0.6) is 5.75 Å². The highest BCUT2D eigenvalue weighted by molar-refractivity contribution is 5.82. The number of likely N-dealkylation sites (N-methyl/N-ethyl adjacent to an activating group) is 1. The monoisotopic (exact) mass is 221 g/mol. The van der Waals surface area contributed by atoms with Gasteiger partial charge in [-0.2, -0.15) is 0 Å². The molecule has 1 aliphatic heterocycles. The Morgan fingerprint density at radius 3 is 2.94 bits per heavy atom. The van der Waals surface area contributed by atoms with Gasteiger partial charge in [-0.1, -0.05) is 0 Å². The molecule has 0 bridgehead atoms. The SMILES string of the molecule is CCN1c2ccc(OC)cc2CC1C(=O)O. The third kappa shape index (κ3) is 1.60. The lowest BCUT2D eigenvalue weighted by molar-refractivity contribution is -0.138. The first-order chi connectivity index (χ1) is 7.67. The number of benzene rings is 1. The topological polar surface area (TPSA) is 49.8 Å². The number of ether oxygens (including phenoxy) is 1. The third-order valence-electron chi connectivity index (χ3n) is 3.01. The van der Waals surface area contributed by atoms with E-state index in [1.165, 1.54) is 0 Å². The van der Waals surface area contributed by atoms with Gasteiger partial charge in [-0.3, -0.25) is 0 Å². The lowest BCUT2D eigenvalue weighted by Crippen LogP contribution is -2.38. The van der Waals surface area contributed by atoms with E-state index in [1.54, 1.807) is 7.11 Å². The van der Waals surface area contributed by atoms with Crippen LogP contribution in [-0.2, 0) is 11.2 Å². The van der Waals surface area contributed by atoms with Gasteiger partial charge in [0.2, 0.25) is 0 Å².